The SMILES string of the molecule is CCCC1SC(=S)N(c2ccc(OCC)cc2)C1=O. The molecule has 3 nitrogen and oxygen atoms in total. The first kappa shape index (κ1) is 14.3. The van der Waals surface area contributed by atoms with Gasteiger partial charge in [-0.2, -0.15) is 0 Å². The first-order valence-corrected chi connectivity index (χ1v) is 7.73. The van der Waals surface area contributed by atoms with E-state index in [0.29, 0.717) is 10.9 Å². The minimum atomic E-state index is -0.0240. The topological polar surface area (TPSA) is 29.5 Å². The third-order valence-electron chi connectivity index (χ3n) is 2.88. The van der Waals surface area contributed by atoms with Crippen LogP contribution in [-0.4, -0.2) is 22.1 Å². The Labute approximate surface area is 123 Å². The summed E-state index contributed by atoms with van der Waals surface area (Å²) >= 11 is 6.80. The molecule has 1 fully saturated rings. The number of amides is 1. The minimum Gasteiger partial charge on any atom is -0.494 e. The highest BCUT2D eigenvalue weighted by atomic mass is 32.2. The molecule has 1 saturated heterocycles. The van der Waals surface area contributed by atoms with E-state index in [4.69, 9.17) is 17.0 Å². The summed E-state index contributed by atoms with van der Waals surface area (Å²) < 4.78 is 6.04. The van der Waals surface area contributed by atoms with Crippen molar-refractivity contribution in [2.24, 2.45) is 0 Å². The highest BCUT2D eigenvalue weighted by molar-refractivity contribution is 8.25. The number of nitrogens with zero attached hydrogens (tertiary/aromatic N) is 1. The smallest absolute Gasteiger partial charge is 0.246 e. The van der Waals surface area contributed by atoms with Gasteiger partial charge < -0.3 is 4.74 Å². The fourth-order valence-electron chi connectivity index (χ4n) is 1.99. The van der Waals surface area contributed by atoms with E-state index in [2.05, 4.69) is 6.92 Å². The van der Waals surface area contributed by atoms with E-state index in [9.17, 15) is 4.79 Å². The molecule has 5 heteroatoms. The van der Waals surface area contributed by atoms with Gasteiger partial charge in [-0.25, -0.2) is 0 Å². The normalized spacial score (nSPS) is 19.1. The molecule has 1 unspecified atom stereocenters. The summed E-state index contributed by atoms with van der Waals surface area (Å²) in [6, 6.07) is 7.49. The number of carbonyl (C=O) groups is 1. The number of thioether (sulfide) groups is 1. The number of ether oxygens (including phenoxy) is 1. The van der Waals surface area contributed by atoms with E-state index in [0.717, 1.165) is 24.3 Å². The molecule has 2 rings (SSSR count). The summed E-state index contributed by atoms with van der Waals surface area (Å²) in [7, 11) is 0. The maximum atomic E-state index is 12.3. The van der Waals surface area contributed by atoms with Gasteiger partial charge in [-0.15, -0.1) is 0 Å². The van der Waals surface area contributed by atoms with Crippen LogP contribution in [0.15, 0.2) is 24.3 Å². The molecule has 0 saturated carbocycles. The summed E-state index contributed by atoms with van der Waals surface area (Å²) in [6.45, 7) is 4.66. The maximum Gasteiger partial charge on any atom is 0.246 e. The van der Waals surface area contributed by atoms with Gasteiger partial charge in [0.1, 0.15) is 10.1 Å². The van der Waals surface area contributed by atoms with Crippen molar-refractivity contribution in [2.45, 2.75) is 31.9 Å². The number of carbonyl (C=O) groups excluding carboxylic acids is 1. The zero-order valence-corrected chi connectivity index (χ0v) is 12.7. The van der Waals surface area contributed by atoms with Gasteiger partial charge in [0, 0.05) is 0 Å². The lowest BCUT2D eigenvalue weighted by atomic mass is 10.2. The molecule has 1 amide bonds. The van der Waals surface area contributed by atoms with Crippen LogP contribution < -0.4 is 9.64 Å². The zero-order valence-electron chi connectivity index (χ0n) is 11.1. The highest BCUT2D eigenvalue weighted by Crippen LogP contribution is 2.34. The number of hydrogen-bond acceptors (Lipinski definition) is 4. The van der Waals surface area contributed by atoms with Crippen LogP contribution >= 0.6 is 24.0 Å². The Morgan fingerprint density at radius 1 is 1.32 bits per heavy atom. The lowest BCUT2D eigenvalue weighted by Crippen LogP contribution is -2.31. The minimum absolute atomic E-state index is 0.0240. The van der Waals surface area contributed by atoms with Gasteiger partial charge in [0.15, 0.2) is 0 Å². The van der Waals surface area contributed by atoms with Crippen molar-refractivity contribution >= 4 is 39.9 Å². The molecule has 1 aromatic carbocycles. The van der Waals surface area contributed by atoms with Crippen LogP contribution in [0.2, 0.25) is 0 Å². The molecule has 0 bridgehead atoms. The van der Waals surface area contributed by atoms with Crippen LogP contribution in [0.5, 0.6) is 5.75 Å². The number of thiocarbonyl (C=S) groups is 1. The Balaban J connectivity index is 2.16. The molecule has 1 atom stereocenters. The fraction of sp³-hybridized carbons (Fsp3) is 0.429. The fourth-order valence-corrected chi connectivity index (χ4v) is 3.64. The molecule has 0 radical (unpaired) electrons. The Hall–Kier alpha value is -1.07. The highest BCUT2D eigenvalue weighted by Gasteiger charge is 2.36. The van der Waals surface area contributed by atoms with Crippen LogP contribution in [0.25, 0.3) is 0 Å². The molecule has 102 valence electrons. The number of benzene rings is 1. The molecule has 0 spiro atoms. The lowest BCUT2D eigenvalue weighted by Gasteiger charge is -2.16. The monoisotopic (exact) mass is 295 g/mol. The predicted molar refractivity (Wildman–Crippen MR) is 84.0 cm³/mol. The molecule has 19 heavy (non-hydrogen) atoms. The summed E-state index contributed by atoms with van der Waals surface area (Å²) in [4.78, 5) is 13.9. The van der Waals surface area contributed by atoms with Crippen LogP contribution in [0, 0.1) is 0 Å². The molecule has 1 aliphatic rings. The van der Waals surface area contributed by atoms with Crippen molar-refractivity contribution in [2.75, 3.05) is 11.5 Å². The van der Waals surface area contributed by atoms with Crippen LogP contribution in [-0.2, 0) is 4.79 Å². The van der Waals surface area contributed by atoms with Crippen molar-refractivity contribution < 1.29 is 9.53 Å². The molecule has 0 N–H and O–H groups in total. The van der Waals surface area contributed by atoms with Gasteiger partial charge in [-0.3, -0.25) is 9.69 Å². The van der Waals surface area contributed by atoms with Crippen molar-refractivity contribution in [3.05, 3.63) is 24.3 Å². The zero-order chi connectivity index (χ0) is 13.8. The molecule has 1 aromatic rings. The predicted octanol–water partition coefficient (Wildman–Crippen LogP) is 3.62. The van der Waals surface area contributed by atoms with Gasteiger partial charge in [0.2, 0.25) is 5.91 Å². The maximum absolute atomic E-state index is 12.3. The van der Waals surface area contributed by atoms with Crippen LogP contribution in [0.3, 0.4) is 0 Å². The van der Waals surface area contributed by atoms with Gasteiger partial charge in [-0.1, -0.05) is 37.3 Å². The third-order valence-corrected chi connectivity index (χ3v) is 4.46. The van der Waals surface area contributed by atoms with Gasteiger partial charge >= 0.3 is 0 Å². The Morgan fingerprint density at radius 3 is 2.58 bits per heavy atom. The summed E-state index contributed by atoms with van der Waals surface area (Å²) in [5, 5.41) is -0.0240. The van der Waals surface area contributed by atoms with E-state index in [1.54, 1.807) is 4.90 Å². The van der Waals surface area contributed by atoms with Crippen molar-refractivity contribution in [1.82, 2.24) is 0 Å². The number of rotatable bonds is 5. The van der Waals surface area contributed by atoms with Crippen LogP contribution in [0.1, 0.15) is 26.7 Å². The summed E-state index contributed by atoms with van der Waals surface area (Å²) in [5.41, 5.74) is 0.824. The van der Waals surface area contributed by atoms with Gasteiger partial charge in [-0.05, 0) is 37.6 Å². The standard InChI is InChI=1S/C14H17NO2S2/c1-3-5-12-13(16)15(14(18)19-12)10-6-8-11(9-7-10)17-4-2/h6-9,12H,3-5H2,1-2H3. The average Bonchev–Trinajstić information content (AvgIpc) is 2.67. The van der Waals surface area contributed by atoms with Gasteiger partial charge in [0.25, 0.3) is 0 Å². The Morgan fingerprint density at radius 2 is 2.00 bits per heavy atom. The average molecular weight is 295 g/mol. The summed E-state index contributed by atoms with van der Waals surface area (Å²) in [6.07, 6.45) is 1.86. The van der Waals surface area contributed by atoms with E-state index in [-0.39, 0.29) is 11.2 Å². The second-order valence-corrected chi connectivity index (χ2v) is 6.10. The van der Waals surface area contributed by atoms with Crippen molar-refractivity contribution in [3.63, 3.8) is 0 Å². The molecule has 0 aliphatic carbocycles. The second kappa shape index (κ2) is 6.39. The molecule has 1 heterocycles. The largest absolute Gasteiger partial charge is 0.494 e. The van der Waals surface area contributed by atoms with Crippen LogP contribution in [0.4, 0.5) is 5.69 Å². The quantitative estimate of drug-likeness (QED) is 0.776. The van der Waals surface area contributed by atoms with E-state index < -0.39 is 0 Å². The second-order valence-electron chi connectivity index (χ2n) is 4.26. The molecular weight excluding hydrogens is 278 g/mol. The Kier molecular flexibility index (Phi) is 4.82. The lowest BCUT2D eigenvalue weighted by molar-refractivity contribution is -0.117. The van der Waals surface area contributed by atoms with E-state index >= 15 is 0 Å². The van der Waals surface area contributed by atoms with Crippen molar-refractivity contribution in [1.29, 1.82) is 0 Å². The summed E-state index contributed by atoms with van der Waals surface area (Å²) in [5.74, 6) is 0.905. The van der Waals surface area contributed by atoms with E-state index in [1.165, 1.54) is 11.8 Å². The number of anilines is 1. The molecular formula is C14H17NO2S2. The number of hydrogen-bond donors (Lipinski definition) is 0. The van der Waals surface area contributed by atoms with Gasteiger partial charge in [0.05, 0.1) is 17.5 Å². The molecule has 1 aliphatic heterocycles. The van der Waals surface area contributed by atoms with Crippen molar-refractivity contribution in [3.8, 4) is 5.75 Å². The molecule has 0 aromatic heterocycles. The first-order chi connectivity index (χ1) is 9.17. The Bertz CT molecular complexity index is 473. The third kappa shape index (κ3) is 3.09. The van der Waals surface area contributed by atoms with E-state index in [1.807, 2.05) is 31.2 Å². The first-order valence-electron chi connectivity index (χ1n) is 6.44.